The minimum atomic E-state index is -1.37. The molecule has 3 atom stereocenters. The van der Waals surface area contributed by atoms with E-state index in [2.05, 4.69) is 5.32 Å². The predicted molar refractivity (Wildman–Crippen MR) is 109 cm³/mol. The van der Waals surface area contributed by atoms with E-state index in [9.17, 15) is 24.0 Å². The van der Waals surface area contributed by atoms with Gasteiger partial charge in [-0.15, -0.1) is 0 Å². The van der Waals surface area contributed by atoms with Gasteiger partial charge in [-0.1, -0.05) is 12.1 Å². The van der Waals surface area contributed by atoms with Crippen LogP contribution in [0.5, 0.6) is 5.75 Å². The third kappa shape index (κ3) is 12.8. The first kappa shape index (κ1) is 28.3. The molecule has 0 spiro atoms. The summed E-state index contributed by atoms with van der Waals surface area (Å²) in [5.74, 6) is -5.36. The van der Waals surface area contributed by atoms with Crippen LogP contribution in [0.4, 0.5) is 0 Å². The van der Waals surface area contributed by atoms with Crippen LogP contribution >= 0.6 is 0 Å². The molecule has 0 saturated heterocycles. The van der Waals surface area contributed by atoms with Gasteiger partial charge in [0.05, 0.1) is 6.04 Å². The van der Waals surface area contributed by atoms with Gasteiger partial charge in [0.25, 0.3) is 0 Å². The Balaban J connectivity index is 0.000000641. The quantitative estimate of drug-likeness (QED) is 0.187. The van der Waals surface area contributed by atoms with Crippen molar-refractivity contribution < 1.29 is 49.5 Å². The molecule has 0 aliphatic heterocycles. The van der Waals surface area contributed by atoms with E-state index in [0.717, 1.165) is 5.56 Å². The van der Waals surface area contributed by atoms with Crippen molar-refractivity contribution in [2.45, 2.75) is 50.2 Å². The number of aromatic hydroxyl groups is 1. The van der Waals surface area contributed by atoms with Gasteiger partial charge in [-0.05, 0) is 37.0 Å². The molecule has 0 unspecified atom stereocenters. The first-order valence-corrected chi connectivity index (χ1v) is 9.32. The number of carbonyl (C=O) groups excluding carboxylic acids is 1. The van der Waals surface area contributed by atoms with Crippen molar-refractivity contribution in [3.63, 3.8) is 0 Å². The maximum absolute atomic E-state index is 11.5. The number of amides is 1. The lowest BCUT2D eigenvalue weighted by molar-refractivity contribution is -0.143. The van der Waals surface area contributed by atoms with Gasteiger partial charge in [0.15, 0.2) is 0 Å². The Hall–Kier alpha value is -3.71. The van der Waals surface area contributed by atoms with E-state index in [1.54, 1.807) is 12.1 Å². The van der Waals surface area contributed by atoms with Crippen LogP contribution < -0.4 is 16.8 Å². The third-order valence-electron chi connectivity index (χ3n) is 3.98. The molecule has 1 rings (SSSR count). The van der Waals surface area contributed by atoms with Crippen molar-refractivity contribution >= 4 is 29.8 Å². The highest BCUT2D eigenvalue weighted by Gasteiger charge is 2.24. The van der Waals surface area contributed by atoms with Crippen LogP contribution in [0, 0.1) is 0 Å². The molecule has 0 saturated carbocycles. The molecule has 0 heterocycles. The van der Waals surface area contributed by atoms with Gasteiger partial charge in [-0.3, -0.25) is 19.2 Å². The fraction of sp³-hybridized carbons (Fsp3) is 0.421. The minimum absolute atomic E-state index is 0.133. The second-order valence-electron chi connectivity index (χ2n) is 6.69. The summed E-state index contributed by atoms with van der Waals surface area (Å²) in [6.07, 6.45) is -0.868. The lowest BCUT2D eigenvalue weighted by Crippen LogP contribution is -2.48. The van der Waals surface area contributed by atoms with E-state index in [1.165, 1.54) is 12.1 Å². The smallest absolute Gasteiger partial charge is 0.326 e. The Morgan fingerprint density at radius 2 is 1.28 bits per heavy atom. The van der Waals surface area contributed by atoms with Crippen LogP contribution in [-0.4, -0.2) is 73.4 Å². The standard InChI is InChI=1S/C10H16N2O7.C9H11NO3/c11-5(1-3-7(13)14)9(17)12-6(10(18)19)2-4-8(15)16;10-8(9(12)13)5-6-1-3-7(11)4-2-6/h5-6H,1-4,11H2,(H,12,17)(H,13,14)(H,15,16)(H,18,19);1-4,8,11H,5,10H2,(H,12,13)/t5-,6-;8-/m00/s1. The van der Waals surface area contributed by atoms with E-state index in [0.29, 0.717) is 0 Å². The van der Waals surface area contributed by atoms with Crippen LogP contribution in [0.3, 0.4) is 0 Å². The van der Waals surface area contributed by atoms with Gasteiger partial charge in [0.1, 0.15) is 17.8 Å². The number of carboxylic acids is 4. The highest BCUT2D eigenvalue weighted by Crippen LogP contribution is 2.10. The number of carbonyl (C=O) groups is 5. The Morgan fingerprint density at radius 1 is 0.781 bits per heavy atom. The molecule has 0 aliphatic rings. The van der Waals surface area contributed by atoms with E-state index in [4.69, 9.17) is 37.0 Å². The van der Waals surface area contributed by atoms with E-state index < -0.39 is 54.3 Å². The first-order chi connectivity index (χ1) is 14.8. The maximum Gasteiger partial charge on any atom is 0.326 e. The molecule has 0 aliphatic carbocycles. The van der Waals surface area contributed by atoms with Gasteiger partial charge < -0.3 is 42.3 Å². The summed E-state index contributed by atoms with van der Waals surface area (Å²) in [6.45, 7) is 0. The SMILES string of the molecule is N[C@@H](CCC(=O)O)C(=O)N[C@@H](CCC(=O)O)C(=O)O.N[C@@H](Cc1ccc(O)cc1)C(=O)O. The molecule has 32 heavy (non-hydrogen) atoms. The molecule has 0 aromatic heterocycles. The average Bonchev–Trinajstić information content (AvgIpc) is 2.70. The summed E-state index contributed by atoms with van der Waals surface area (Å²) in [4.78, 5) is 53.3. The summed E-state index contributed by atoms with van der Waals surface area (Å²) in [6, 6.07) is 2.91. The number of rotatable bonds is 12. The summed E-state index contributed by atoms with van der Waals surface area (Å²) in [7, 11) is 0. The topological polar surface area (TPSA) is 251 Å². The van der Waals surface area contributed by atoms with Crippen molar-refractivity contribution in [2.75, 3.05) is 0 Å². The molecule has 13 nitrogen and oxygen atoms in total. The molecule has 1 aromatic rings. The Kier molecular flexibility index (Phi) is 12.7. The number of nitrogens with one attached hydrogen (secondary N) is 1. The Morgan fingerprint density at radius 3 is 1.72 bits per heavy atom. The summed E-state index contributed by atoms with van der Waals surface area (Å²) in [5.41, 5.74) is 11.5. The third-order valence-corrected chi connectivity index (χ3v) is 3.98. The van der Waals surface area contributed by atoms with Crippen LogP contribution in [0.2, 0.25) is 0 Å². The fourth-order valence-corrected chi connectivity index (χ4v) is 2.19. The van der Waals surface area contributed by atoms with Crippen molar-refractivity contribution in [3.8, 4) is 5.75 Å². The zero-order valence-corrected chi connectivity index (χ0v) is 17.0. The van der Waals surface area contributed by atoms with Crippen molar-refractivity contribution in [2.24, 2.45) is 11.5 Å². The van der Waals surface area contributed by atoms with Gasteiger partial charge in [0.2, 0.25) is 5.91 Å². The summed E-state index contributed by atoms with van der Waals surface area (Å²) < 4.78 is 0. The van der Waals surface area contributed by atoms with Crippen molar-refractivity contribution in [1.29, 1.82) is 0 Å². The normalized spacial score (nSPS) is 12.9. The molecular formula is C19H27N3O10. The Bertz CT molecular complexity index is 797. The minimum Gasteiger partial charge on any atom is -0.508 e. The van der Waals surface area contributed by atoms with Crippen molar-refractivity contribution in [3.05, 3.63) is 29.8 Å². The highest BCUT2D eigenvalue weighted by molar-refractivity contribution is 5.87. The lowest BCUT2D eigenvalue weighted by Gasteiger charge is -2.16. The van der Waals surface area contributed by atoms with Crippen LogP contribution in [0.25, 0.3) is 0 Å². The summed E-state index contributed by atoms with van der Waals surface area (Å²) >= 11 is 0. The molecule has 13 heteroatoms. The molecule has 178 valence electrons. The van der Waals surface area contributed by atoms with Gasteiger partial charge in [0, 0.05) is 12.8 Å². The zero-order valence-electron chi connectivity index (χ0n) is 17.0. The molecule has 1 aromatic carbocycles. The second kappa shape index (κ2) is 14.3. The lowest BCUT2D eigenvalue weighted by atomic mass is 10.1. The van der Waals surface area contributed by atoms with E-state index in [1.807, 2.05) is 0 Å². The molecule has 0 bridgehead atoms. The van der Waals surface area contributed by atoms with Crippen LogP contribution in [0.15, 0.2) is 24.3 Å². The first-order valence-electron chi connectivity index (χ1n) is 9.32. The molecule has 0 fully saturated rings. The number of hydrogen-bond donors (Lipinski definition) is 8. The molecule has 1 amide bonds. The highest BCUT2D eigenvalue weighted by atomic mass is 16.4. The number of nitrogens with two attached hydrogens (primary N) is 2. The number of phenolic OH excluding ortho intramolecular Hbond substituents is 1. The Labute approximate surface area is 182 Å². The van der Waals surface area contributed by atoms with Crippen LogP contribution in [-0.2, 0) is 30.4 Å². The van der Waals surface area contributed by atoms with Crippen molar-refractivity contribution in [1.82, 2.24) is 5.32 Å². The monoisotopic (exact) mass is 457 g/mol. The molecule has 10 N–H and O–H groups in total. The largest absolute Gasteiger partial charge is 0.508 e. The van der Waals surface area contributed by atoms with Crippen LogP contribution in [0.1, 0.15) is 31.2 Å². The second-order valence-corrected chi connectivity index (χ2v) is 6.69. The van der Waals surface area contributed by atoms with Gasteiger partial charge in [-0.25, -0.2) is 4.79 Å². The number of benzene rings is 1. The molecule has 0 radical (unpaired) electrons. The fourth-order valence-electron chi connectivity index (χ4n) is 2.19. The molecular weight excluding hydrogens is 430 g/mol. The number of aliphatic carboxylic acids is 4. The maximum atomic E-state index is 11.5. The number of carboxylic acid groups (broad SMARTS) is 4. The zero-order chi connectivity index (χ0) is 24.8. The average molecular weight is 457 g/mol. The predicted octanol–water partition coefficient (Wildman–Crippen LogP) is -1.04. The van der Waals surface area contributed by atoms with E-state index >= 15 is 0 Å². The number of hydrogen-bond acceptors (Lipinski definition) is 8. The van der Waals surface area contributed by atoms with Gasteiger partial charge >= 0.3 is 23.9 Å². The van der Waals surface area contributed by atoms with E-state index in [-0.39, 0.29) is 31.4 Å². The summed E-state index contributed by atoms with van der Waals surface area (Å²) in [5, 5.41) is 45.2. The van der Waals surface area contributed by atoms with Gasteiger partial charge in [-0.2, -0.15) is 0 Å². The number of phenols is 1.